The fourth-order valence-corrected chi connectivity index (χ4v) is 2.68. The second kappa shape index (κ2) is 10.9. The van der Waals surface area contributed by atoms with Crippen LogP contribution in [0.25, 0.3) is 0 Å². The average molecular weight is 385 g/mol. The van der Waals surface area contributed by atoms with E-state index in [0.717, 1.165) is 42.7 Å². The van der Waals surface area contributed by atoms with E-state index >= 15 is 0 Å². The van der Waals surface area contributed by atoms with Gasteiger partial charge in [-0.05, 0) is 37.5 Å². The van der Waals surface area contributed by atoms with Crippen molar-refractivity contribution < 1.29 is 22.3 Å². The first-order chi connectivity index (χ1) is 12.8. The van der Waals surface area contributed by atoms with E-state index in [2.05, 4.69) is 11.6 Å². The lowest BCUT2D eigenvalue weighted by Gasteiger charge is -2.18. The predicted octanol–water partition coefficient (Wildman–Crippen LogP) is 7.46. The maximum atomic E-state index is 14.2. The van der Waals surface area contributed by atoms with Crippen molar-refractivity contribution in [2.45, 2.75) is 65.5 Å². The third-order valence-electron chi connectivity index (χ3n) is 4.02. The summed E-state index contributed by atoms with van der Waals surface area (Å²) in [5.74, 6) is -0.690. The smallest absolute Gasteiger partial charge is 0.416 e. The van der Waals surface area contributed by atoms with E-state index in [1.807, 2.05) is 20.8 Å². The molecule has 0 aromatic heterocycles. The average Bonchev–Trinajstić information content (AvgIpc) is 2.62. The summed E-state index contributed by atoms with van der Waals surface area (Å²) in [6.45, 7) is 9.61. The number of unbranched alkanes of at least 4 members (excludes halogenated alkanes) is 1. The van der Waals surface area contributed by atoms with Crippen LogP contribution in [0.15, 0.2) is 47.3 Å². The second-order valence-corrected chi connectivity index (χ2v) is 6.11. The fraction of sp³-hybridized carbons (Fsp3) is 0.476. The molecular weight excluding hydrogens is 358 g/mol. The van der Waals surface area contributed by atoms with Gasteiger partial charge in [-0.1, -0.05) is 40.2 Å². The minimum atomic E-state index is -4.60. The summed E-state index contributed by atoms with van der Waals surface area (Å²) >= 11 is 0. The maximum Gasteiger partial charge on any atom is 0.416 e. The Morgan fingerprint density at radius 3 is 2.33 bits per heavy atom. The Morgan fingerprint density at radius 2 is 1.85 bits per heavy atom. The molecule has 0 aliphatic rings. The molecule has 0 saturated heterocycles. The SMILES string of the molecule is C=CN=C(CC)/C(CCC)=C(\CCCC)Oc1ccc(C(F)(F)F)cc1F. The Labute approximate surface area is 158 Å². The summed E-state index contributed by atoms with van der Waals surface area (Å²) in [6, 6.07) is 2.32. The van der Waals surface area contributed by atoms with Gasteiger partial charge >= 0.3 is 6.18 Å². The first kappa shape index (κ1) is 22.9. The number of hydrogen-bond acceptors (Lipinski definition) is 2. The molecule has 0 atom stereocenters. The van der Waals surface area contributed by atoms with Crippen molar-refractivity contribution in [3.8, 4) is 5.75 Å². The van der Waals surface area contributed by atoms with E-state index in [-0.39, 0.29) is 5.75 Å². The largest absolute Gasteiger partial charge is 0.458 e. The quantitative estimate of drug-likeness (QED) is 0.233. The molecule has 0 unspecified atom stereocenters. The lowest BCUT2D eigenvalue weighted by molar-refractivity contribution is -0.137. The van der Waals surface area contributed by atoms with Gasteiger partial charge in [-0.3, -0.25) is 4.99 Å². The number of rotatable bonds is 10. The molecule has 150 valence electrons. The van der Waals surface area contributed by atoms with Crippen LogP contribution in [-0.4, -0.2) is 5.71 Å². The summed E-state index contributed by atoms with van der Waals surface area (Å²) < 4.78 is 58.3. The molecule has 2 nitrogen and oxygen atoms in total. The van der Waals surface area contributed by atoms with Gasteiger partial charge in [0.25, 0.3) is 0 Å². The normalized spacial score (nSPS) is 13.4. The molecule has 0 aliphatic heterocycles. The Bertz CT molecular complexity index is 690. The second-order valence-electron chi connectivity index (χ2n) is 6.11. The molecule has 0 aliphatic carbocycles. The fourth-order valence-electron chi connectivity index (χ4n) is 2.68. The van der Waals surface area contributed by atoms with Crippen LogP contribution in [0, 0.1) is 5.82 Å². The van der Waals surface area contributed by atoms with Crippen molar-refractivity contribution in [3.05, 3.63) is 53.7 Å². The minimum Gasteiger partial charge on any atom is -0.458 e. The van der Waals surface area contributed by atoms with Crippen LogP contribution in [0.5, 0.6) is 5.75 Å². The molecule has 0 saturated carbocycles. The number of nitrogens with zero attached hydrogens (tertiary/aromatic N) is 1. The highest BCUT2D eigenvalue weighted by Crippen LogP contribution is 2.33. The summed E-state index contributed by atoms with van der Waals surface area (Å²) in [6.07, 6.45) is 1.29. The molecule has 0 heterocycles. The van der Waals surface area contributed by atoms with Gasteiger partial charge in [0.15, 0.2) is 11.6 Å². The predicted molar refractivity (Wildman–Crippen MR) is 101 cm³/mol. The lowest BCUT2D eigenvalue weighted by atomic mass is 9.99. The highest BCUT2D eigenvalue weighted by atomic mass is 19.4. The lowest BCUT2D eigenvalue weighted by Crippen LogP contribution is -2.11. The molecule has 6 heteroatoms. The maximum absolute atomic E-state index is 14.2. The van der Waals surface area contributed by atoms with Gasteiger partial charge < -0.3 is 4.74 Å². The first-order valence-corrected chi connectivity index (χ1v) is 9.22. The van der Waals surface area contributed by atoms with Crippen molar-refractivity contribution in [2.75, 3.05) is 0 Å². The first-order valence-electron chi connectivity index (χ1n) is 9.22. The van der Waals surface area contributed by atoms with Gasteiger partial charge in [-0.2, -0.15) is 13.2 Å². The molecule has 0 radical (unpaired) electrons. The summed E-state index contributed by atoms with van der Waals surface area (Å²) in [4.78, 5) is 4.30. The Kier molecular flexibility index (Phi) is 9.26. The summed E-state index contributed by atoms with van der Waals surface area (Å²) in [5.41, 5.74) is 0.626. The van der Waals surface area contributed by atoms with Crippen molar-refractivity contribution in [1.29, 1.82) is 0 Å². The van der Waals surface area contributed by atoms with E-state index < -0.39 is 17.6 Å². The van der Waals surface area contributed by atoms with Gasteiger partial charge in [0.1, 0.15) is 5.76 Å². The molecule has 1 rings (SSSR count). The van der Waals surface area contributed by atoms with E-state index in [1.54, 1.807) is 0 Å². The number of benzene rings is 1. The van der Waals surface area contributed by atoms with E-state index in [1.165, 1.54) is 6.20 Å². The third kappa shape index (κ3) is 6.85. The standard InChI is InChI=1S/C21H27F4NO/c1-5-9-11-19(16(10-6-2)18(7-3)26-8-4)27-20-13-12-15(14-17(20)22)21(23,24)25/h8,12-14H,4-7,9-11H2,1-3H3/b19-16+,26-18?. The van der Waals surface area contributed by atoms with Crippen LogP contribution in [0.3, 0.4) is 0 Å². The number of alkyl halides is 3. The number of halogens is 4. The van der Waals surface area contributed by atoms with Crippen molar-refractivity contribution in [3.63, 3.8) is 0 Å². The zero-order chi connectivity index (χ0) is 20.4. The van der Waals surface area contributed by atoms with Crippen molar-refractivity contribution in [2.24, 2.45) is 4.99 Å². The Hall–Kier alpha value is -2.11. The molecule has 1 aromatic rings. The summed E-state index contributed by atoms with van der Waals surface area (Å²) in [5, 5.41) is 0. The molecule has 27 heavy (non-hydrogen) atoms. The Morgan fingerprint density at radius 1 is 1.15 bits per heavy atom. The van der Waals surface area contributed by atoms with Crippen LogP contribution in [0.2, 0.25) is 0 Å². The molecule has 0 fully saturated rings. The van der Waals surface area contributed by atoms with Crippen LogP contribution >= 0.6 is 0 Å². The minimum absolute atomic E-state index is 0.211. The number of allylic oxidation sites excluding steroid dienone is 2. The van der Waals surface area contributed by atoms with Gasteiger partial charge in [-0.15, -0.1) is 0 Å². The number of aliphatic imine (C=N–C) groups is 1. The molecular formula is C21H27F4NO. The van der Waals surface area contributed by atoms with Crippen LogP contribution in [0.1, 0.15) is 64.9 Å². The van der Waals surface area contributed by atoms with E-state index in [4.69, 9.17) is 4.74 Å². The van der Waals surface area contributed by atoms with Gasteiger partial charge in [0, 0.05) is 23.9 Å². The van der Waals surface area contributed by atoms with Crippen LogP contribution in [0.4, 0.5) is 17.6 Å². The van der Waals surface area contributed by atoms with Gasteiger partial charge in [0.05, 0.1) is 5.56 Å². The summed E-state index contributed by atoms with van der Waals surface area (Å²) in [7, 11) is 0. The molecule has 0 amide bonds. The van der Waals surface area contributed by atoms with Crippen molar-refractivity contribution in [1.82, 2.24) is 0 Å². The van der Waals surface area contributed by atoms with Gasteiger partial charge in [0.2, 0.25) is 0 Å². The zero-order valence-corrected chi connectivity index (χ0v) is 16.1. The highest BCUT2D eigenvalue weighted by Gasteiger charge is 2.31. The Balaban J connectivity index is 3.37. The van der Waals surface area contributed by atoms with Crippen LogP contribution < -0.4 is 4.74 Å². The van der Waals surface area contributed by atoms with E-state index in [0.29, 0.717) is 31.1 Å². The molecule has 0 N–H and O–H groups in total. The third-order valence-corrected chi connectivity index (χ3v) is 4.02. The zero-order valence-electron chi connectivity index (χ0n) is 16.1. The number of hydrogen-bond donors (Lipinski definition) is 0. The van der Waals surface area contributed by atoms with Gasteiger partial charge in [-0.25, -0.2) is 4.39 Å². The monoisotopic (exact) mass is 385 g/mol. The molecule has 0 spiro atoms. The van der Waals surface area contributed by atoms with Crippen molar-refractivity contribution >= 4 is 5.71 Å². The topological polar surface area (TPSA) is 21.6 Å². The molecule has 1 aromatic carbocycles. The highest BCUT2D eigenvalue weighted by molar-refractivity contribution is 6.00. The van der Waals surface area contributed by atoms with Crippen LogP contribution in [-0.2, 0) is 6.18 Å². The molecule has 0 bridgehead atoms. The van der Waals surface area contributed by atoms with E-state index in [9.17, 15) is 17.6 Å². The number of ether oxygens (including phenoxy) is 1.